The summed E-state index contributed by atoms with van der Waals surface area (Å²) in [6.07, 6.45) is 0. The molecule has 102 valence electrons. The summed E-state index contributed by atoms with van der Waals surface area (Å²) in [6, 6.07) is 6.48. The second kappa shape index (κ2) is 7.22. The van der Waals surface area contributed by atoms with Crippen molar-refractivity contribution >= 4 is 38.5 Å². The lowest BCUT2D eigenvalue weighted by molar-refractivity contribution is 0.303. The van der Waals surface area contributed by atoms with Crippen molar-refractivity contribution in [3.8, 4) is 0 Å². The van der Waals surface area contributed by atoms with Gasteiger partial charge in [0.25, 0.3) is 0 Å². The molecule has 18 heavy (non-hydrogen) atoms. The van der Waals surface area contributed by atoms with Crippen molar-refractivity contribution < 1.29 is 0 Å². The van der Waals surface area contributed by atoms with Crippen LogP contribution in [-0.2, 0) is 6.54 Å². The first kappa shape index (κ1) is 16.4. The van der Waals surface area contributed by atoms with Crippen LogP contribution in [0.2, 0.25) is 0 Å². The van der Waals surface area contributed by atoms with E-state index in [1.807, 2.05) is 0 Å². The Morgan fingerprint density at radius 1 is 1.33 bits per heavy atom. The standard InChI is InChI=1S/C14H22BrIN2/c1-14(2,3)17-7-8-18(4)10-11-9-12(16)5-6-13(11)15/h5-6,9,17H,7-8,10H2,1-4H3. The number of halogens is 2. The highest BCUT2D eigenvalue weighted by molar-refractivity contribution is 14.1. The van der Waals surface area contributed by atoms with Gasteiger partial charge in [0.1, 0.15) is 0 Å². The normalized spacial score (nSPS) is 12.2. The third-order valence-corrected chi connectivity index (χ3v) is 4.04. The van der Waals surface area contributed by atoms with Crippen molar-refractivity contribution in [3.05, 3.63) is 31.8 Å². The van der Waals surface area contributed by atoms with Gasteiger partial charge < -0.3 is 10.2 Å². The van der Waals surface area contributed by atoms with E-state index in [1.54, 1.807) is 0 Å². The highest BCUT2D eigenvalue weighted by Gasteiger charge is 2.09. The van der Waals surface area contributed by atoms with Gasteiger partial charge in [0, 0.05) is 33.2 Å². The van der Waals surface area contributed by atoms with Gasteiger partial charge in [0.05, 0.1) is 0 Å². The molecular formula is C14H22BrIN2. The second-order valence-electron chi connectivity index (χ2n) is 5.65. The Balaban J connectivity index is 2.44. The van der Waals surface area contributed by atoms with Crippen LogP contribution in [0.25, 0.3) is 0 Å². The molecule has 4 heteroatoms. The first-order chi connectivity index (χ1) is 8.28. The van der Waals surface area contributed by atoms with Crippen LogP contribution < -0.4 is 5.32 Å². The number of hydrogen-bond acceptors (Lipinski definition) is 2. The highest BCUT2D eigenvalue weighted by atomic mass is 127. The molecule has 0 heterocycles. The molecule has 1 aromatic carbocycles. The van der Waals surface area contributed by atoms with E-state index in [0.29, 0.717) is 0 Å². The lowest BCUT2D eigenvalue weighted by Crippen LogP contribution is -2.40. The van der Waals surface area contributed by atoms with E-state index in [9.17, 15) is 0 Å². The van der Waals surface area contributed by atoms with E-state index in [0.717, 1.165) is 19.6 Å². The molecule has 1 N–H and O–H groups in total. The minimum absolute atomic E-state index is 0.198. The summed E-state index contributed by atoms with van der Waals surface area (Å²) in [6.45, 7) is 9.63. The van der Waals surface area contributed by atoms with Crippen molar-refractivity contribution in [2.75, 3.05) is 20.1 Å². The number of rotatable bonds is 5. The maximum Gasteiger partial charge on any atom is 0.0242 e. The monoisotopic (exact) mass is 424 g/mol. The predicted molar refractivity (Wildman–Crippen MR) is 90.9 cm³/mol. The van der Waals surface area contributed by atoms with Crippen molar-refractivity contribution in [2.24, 2.45) is 0 Å². The Labute approximate surface area is 133 Å². The summed E-state index contributed by atoms with van der Waals surface area (Å²) in [4.78, 5) is 2.34. The van der Waals surface area contributed by atoms with Gasteiger partial charge in [-0.05, 0) is 74.2 Å². The number of hydrogen-bond donors (Lipinski definition) is 1. The molecule has 0 atom stereocenters. The number of likely N-dealkylation sites (N-methyl/N-ethyl adjacent to an activating group) is 1. The van der Waals surface area contributed by atoms with Gasteiger partial charge in [-0.2, -0.15) is 0 Å². The molecule has 0 aliphatic rings. The second-order valence-corrected chi connectivity index (χ2v) is 7.75. The Kier molecular flexibility index (Phi) is 6.58. The molecule has 0 fully saturated rings. The first-order valence-corrected chi connectivity index (χ1v) is 8.02. The predicted octanol–water partition coefficient (Wildman–Crippen LogP) is 3.87. The topological polar surface area (TPSA) is 15.3 Å². The first-order valence-electron chi connectivity index (χ1n) is 6.15. The molecule has 0 amide bonds. The van der Waals surface area contributed by atoms with Crippen LogP contribution in [0.15, 0.2) is 22.7 Å². The maximum atomic E-state index is 3.61. The minimum Gasteiger partial charge on any atom is -0.311 e. The van der Waals surface area contributed by atoms with Gasteiger partial charge in [-0.25, -0.2) is 0 Å². The summed E-state index contributed by atoms with van der Waals surface area (Å²) < 4.78 is 2.48. The summed E-state index contributed by atoms with van der Waals surface area (Å²) >= 11 is 5.97. The zero-order valence-electron chi connectivity index (χ0n) is 11.6. The van der Waals surface area contributed by atoms with Crippen LogP contribution >= 0.6 is 38.5 Å². The summed E-state index contributed by atoms with van der Waals surface area (Å²) in [7, 11) is 2.16. The van der Waals surface area contributed by atoms with Crippen LogP contribution in [-0.4, -0.2) is 30.6 Å². The Morgan fingerprint density at radius 3 is 2.61 bits per heavy atom. The number of benzene rings is 1. The largest absolute Gasteiger partial charge is 0.311 e. The average molecular weight is 425 g/mol. The minimum atomic E-state index is 0.198. The van der Waals surface area contributed by atoms with Crippen molar-refractivity contribution in [2.45, 2.75) is 32.9 Å². The molecular weight excluding hydrogens is 403 g/mol. The SMILES string of the molecule is CN(CCNC(C)(C)C)Cc1cc(I)ccc1Br. The van der Waals surface area contributed by atoms with Gasteiger partial charge in [0.15, 0.2) is 0 Å². The van der Waals surface area contributed by atoms with Gasteiger partial charge in [-0.15, -0.1) is 0 Å². The lowest BCUT2D eigenvalue weighted by Gasteiger charge is -2.24. The van der Waals surface area contributed by atoms with E-state index in [-0.39, 0.29) is 5.54 Å². The fraction of sp³-hybridized carbons (Fsp3) is 0.571. The zero-order chi connectivity index (χ0) is 13.8. The molecule has 0 saturated carbocycles. The van der Waals surface area contributed by atoms with Gasteiger partial charge in [0.2, 0.25) is 0 Å². The van der Waals surface area contributed by atoms with Crippen molar-refractivity contribution in [1.29, 1.82) is 0 Å². The molecule has 0 bridgehead atoms. The fourth-order valence-electron chi connectivity index (χ4n) is 1.66. The molecule has 0 unspecified atom stereocenters. The van der Waals surface area contributed by atoms with Crippen LogP contribution in [0.1, 0.15) is 26.3 Å². The molecule has 0 aromatic heterocycles. The summed E-state index contributed by atoms with van der Waals surface area (Å²) in [5.41, 5.74) is 1.55. The molecule has 0 spiro atoms. The third kappa shape index (κ3) is 6.50. The highest BCUT2D eigenvalue weighted by Crippen LogP contribution is 2.20. The Bertz CT molecular complexity index is 388. The molecule has 0 radical (unpaired) electrons. The van der Waals surface area contributed by atoms with E-state index in [4.69, 9.17) is 0 Å². The number of nitrogens with one attached hydrogen (secondary N) is 1. The molecule has 0 aliphatic heterocycles. The Morgan fingerprint density at radius 2 is 2.00 bits per heavy atom. The lowest BCUT2D eigenvalue weighted by atomic mass is 10.1. The molecule has 0 aliphatic carbocycles. The maximum absolute atomic E-state index is 3.61. The molecule has 1 aromatic rings. The number of nitrogens with zero attached hydrogens (tertiary/aromatic N) is 1. The van der Waals surface area contributed by atoms with Crippen LogP contribution in [0.4, 0.5) is 0 Å². The third-order valence-electron chi connectivity index (χ3n) is 2.60. The molecule has 1 rings (SSSR count). The van der Waals surface area contributed by atoms with E-state index >= 15 is 0 Å². The average Bonchev–Trinajstić information content (AvgIpc) is 2.21. The summed E-state index contributed by atoms with van der Waals surface area (Å²) in [5.74, 6) is 0. The fourth-order valence-corrected chi connectivity index (χ4v) is 2.58. The quantitative estimate of drug-likeness (QED) is 0.721. The smallest absolute Gasteiger partial charge is 0.0242 e. The van der Waals surface area contributed by atoms with Crippen LogP contribution in [0.5, 0.6) is 0 Å². The van der Waals surface area contributed by atoms with Gasteiger partial charge >= 0.3 is 0 Å². The summed E-state index contributed by atoms with van der Waals surface area (Å²) in [5, 5.41) is 3.51. The van der Waals surface area contributed by atoms with E-state index < -0.39 is 0 Å². The van der Waals surface area contributed by atoms with Gasteiger partial charge in [-0.3, -0.25) is 0 Å². The van der Waals surface area contributed by atoms with Crippen molar-refractivity contribution in [3.63, 3.8) is 0 Å². The zero-order valence-corrected chi connectivity index (χ0v) is 15.3. The van der Waals surface area contributed by atoms with Gasteiger partial charge in [-0.1, -0.05) is 15.9 Å². The van der Waals surface area contributed by atoms with Crippen molar-refractivity contribution in [1.82, 2.24) is 10.2 Å². The van der Waals surface area contributed by atoms with Crippen LogP contribution in [0, 0.1) is 3.57 Å². The Hall–Kier alpha value is 0.350. The van der Waals surface area contributed by atoms with E-state index in [2.05, 4.69) is 94.8 Å². The molecule has 2 nitrogen and oxygen atoms in total. The van der Waals surface area contributed by atoms with Crippen LogP contribution in [0.3, 0.4) is 0 Å². The molecule has 0 saturated heterocycles. The van der Waals surface area contributed by atoms with E-state index in [1.165, 1.54) is 13.6 Å².